The van der Waals surface area contributed by atoms with Gasteiger partial charge in [-0.05, 0) is 28.8 Å². The van der Waals surface area contributed by atoms with E-state index >= 15 is 0 Å². The summed E-state index contributed by atoms with van der Waals surface area (Å²) in [5.41, 5.74) is 3.84. The molecule has 0 bridgehead atoms. The van der Waals surface area contributed by atoms with E-state index in [0.29, 0.717) is 4.90 Å². The molecule has 4 heteroatoms. The number of hydrogen-bond acceptors (Lipinski definition) is 3. The van der Waals surface area contributed by atoms with Gasteiger partial charge < -0.3 is 5.11 Å². The number of hydrogen-bond donors (Lipinski definition) is 1. The Kier molecular flexibility index (Phi) is 3.59. The average molecular weight is 287 g/mol. The van der Waals surface area contributed by atoms with Gasteiger partial charge in [0.2, 0.25) is 0 Å². The molecule has 2 aromatic carbocycles. The summed E-state index contributed by atoms with van der Waals surface area (Å²) in [6.07, 6.45) is 1.59. The molecule has 0 spiro atoms. The van der Waals surface area contributed by atoms with Gasteiger partial charge in [-0.25, -0.2) is 0 Å². The lowest BCUT2D eigenvalue weighted by molar-refractivity contribution is 0.275. The summed E-state index contributed by atoms with van der Waals surface area (Å²) in [7, 11) is -1.16. The monoisotopic (exact) mass is 287 g/mol. The lowest BCUT2D eigenvalue weighted by Gasteiger charge is -2.15. The molecule has 0 saturated heterocycles. The summed E-state index contributed by atoms with van der Waals surface area (Å²) < 4.78 is 11.6. The number of phenolic OH excluding ortho intramolecular Hbond substituents is 1. The Hall–Kier alpha value is -1.65. The Morgan fingerprint density at radius 2 is 1.80 bits per heavy atom. The van der Waals surface area contributed by atoms with Crippen molar-refractivity contribution >= 4 is 10.8 Å². The zero-order valence-electron chi connectivity index (χ0n) is 11.4. The molecule has 1 unspecified atom stereocenters. The minimum absolute atomic E-state index is 0.110. The van der Waals surface area contributed by atoms with Gasteiger partial charge in [-0.3, -0.25) is 9.11 Å². The molecule has 20 heavy (non-hydrogen) atoms. The van der Waals surface area contributed by atoms with E-state index in [9.17, 15) is 9.32 Å². The fourth-order valence-electron chi connectivity index (χ4n) is 2.66. The topological polar surface area (TPSA) is 40.5 Å². The van der Waals surface area contributed by atoms with E-state index < -0.39 is 10.8 Å². The van der Waals surface area contributed by atoms with Crippen molar-refractivity contribution in [3.05, 3.63) is 59.2 Å². The maximum Gasteiger partial charge on any atom is 0.131 e. The van der Waals surface area contributed by atoms with Crippen LogP contribution in [-0.4, -0.2) is 20.5 Å². The highest BCUT2D eigenvalue weighted by atomic mass is 32.2. The highest BCUT2D eigenvalue weighted by Gasteiger charge is 2.18. The van der Waals surface area contributed by atoms with Gasteiger partial charge in [0.05, 0.1) is 15.7 Å². The second kappa shape index (κ2) is 5.38. The summed E-state index contributed by atoms with van der Waals surface area (Å²) in [4.78, 5) is 2.86. The first-order chi connectivity index (χ1) is 9.63. The zero-order chi connectivity index (χ0) is 14.1. The van der Waals surface area contributed by atoms with Gasteiger partial charge in [0.1, 0.15) is 5.75 Å². The minimum Gasteiger partial charge on any atom is -0.507 e. The van der Waals surface area contributed by atoms with Crippen LogP contribution in [0.3, 0.4) is 0 Å². The molecule has 0 aliphatic carbocycles. The number of aromatic hydroxyl groups is 1. The fourth-order valence-corrected chi connectivity index (χ4v) is 3.34. The molecule has 104 valence electrons. The van der Waals surface area contributed by atoms with Crippen LogP contribution in [0.2, 0.25) is 0 Å². The molecular formula is C16H17NO2S. The second-order valence-electron chi connectivity index (χ2n) is 5.17. The molecule has 3 nitrogen and oxygen atoms in total. The van der Waals surface area contributed by atoms with E-state index in [1.165, 1.54) is 11.1 Å². The van der Waals surface area contributed by atoms with E-state index in [1.807, 2.05) is 12.1 Å². The predicted molar refractivity (Wildman–Crippen MR) is 79.8 cm³/mol. The molecule has 1 atom stereocenters. The maximum absolute atomic E-state index is 11.6. The lowest BCUT2D eigenvalue weighted by atomic mass is 10.1. The molecule has 1 aliphatic heterocycles. The van der Waals surface area contributed by atoms with Crippen LogP contribution in [0, 0.1) is 0 Å². The number of fused-ring (bicyclic) bond motifs is 1. The third-order valence-electron chi connectivity index (χ3n) is 3.65. The Morgan fingerprint density at radius 3 is 2.40 bits per heavy atom. The molecule has 0 radical (unpaired) electrons. The molecule has 0 fully saturated rings. The van der Waals surface area contributed by atoms with Crippen molar-refractivity contribution in [1.82, 2.24) is 4.90 Å². The molecule has 0 saturated carbocycles. The number of rotatable bonds is 3. The lowest BCUT2D eigenvalue weighted by Crippen LogP contribution is -2.15. The van der Waals surface area contributed by atoms with Gasteiger partial charge in [-0.2, -0.15) is 0 Å². The van der Waals surface area contributed by atoms with Crippen LogP contribution in [0.1, 0.15) is 16.7 Å². The standard InChI is InChI=1S/C16H17NO2S/c1-20(19)16-8-12(6-7-15(16)18)9-17-10-13-4-2-3-5-14(13)11-17/h2-8,18H,9-11H2,1H3. The molecule has 2 aromatic rings. The largest absolute Gasteiger partial charge is 0.507 e. The van der Waals surface area contributed by atoms with Gasteiger partial charge in [-0.15, -0.1) is 0 Å². The fraction of sp³-hybridized carbons (Fsp3) is 0.250. The van der Waals surface area contributed by atoms with Gasteiger partial charge in [-0.1, -0.05) is 30.3 Å². The first-order valence-corrected chi connectivity index (χ1v) is 8.14. The van der Waals surface area contributed by atoms with Crippen molar-refractivity contribution in [3.63, 3.8) is 0 Å². The Morgan fingerprint density at radius 1 is 1.15 bits per heavy atom. The molecular weight excluding hydrogens is 270 g/mol. The molecule has 1 aliphatic rings. The maximum atomic E-state index is 11.6. The highest BCUT2D eigenvalue weighted by Crippen LogP contribution is 2.26. The van der Waals surface area contributed by atoms with Crippen LogP contribution in [0.15, 0.2) is 47.4 Å². The second-order valence-corrected chi connectivity index (χ2v) is 6.52. The van der Waals surface area contributed by atoms with E-state index in [0.717, 1.165) is 25.2 Å². The Balaban J connectivity index is 1.77. The SMILES string of the molecule is CS(=O)c1cc(CN2Cc3ccccc3C2)ccc1O. The third-order valence-corrected chi connectivity index (χ3v) is 4.59. The molecule has 1 heterocycles. The van der Waals surface area contributed by atoms with Crippen molar-refractivity contribution in [3.8, 4) is 5.75 Å². The zero-order valence-corrected chi connectivity index (χ0v) is 12.2. The van der Waals surface area contributed by atoms with Crippen LogP contribution in [0.5, 0.6) is 5.75 Å². The van der Waals surface area contributed by atoms with Crippen molar-refractivity contribution in [2.24, 2.45) is 0 Å². The minimum atomic E-state index is -1.16. The van der Waals surface area contributed by atoms with Crippen LogP contribution in [0.25, 0.3) is 0 Å². The van der Waals surface area contributed by atoms with Crippen LogP contribution >= 0.6 is 0 Å². The van der Waals surface area contributed by atoms with E-state index in [4.69, 9.17) is 0 Å². The van der Waals surface area contributed by atoms with E-state index in [-0.39, 0.29) is 5.75 Å². The van der Waals surface area contributed by atoms with E-state index in [1.54, 1.807) is 12.3 Å². The van der Waals surface area contributed by atoms with Gasteiger partial charge in [0.25, 0.3) is 0 Å². The van der Waals surface area contributed by atoms with Crippen molar-refractivity contribution in [2.75, 3.05) is 6.26 Å². The van der Waals surface area contributed by atoms with Crippen LogP contribution in [0.4, 0.5) is 0 Å². The summed E-state index contributed by atoms with van der Waals surface area (Å²) >= 11 is 0. The number of benzene rings is 2. The van der Waals surface area contributed by atoms with Gasteiger partial charge in [0, 0.05) is 25.9 Å². The van der Waals surface area contributed by atoms with E-state index in [2.05, 4.69) is 29.2 Å². The molecule has 1 N–H and O–H groups in total. The summed E-state index contributed by atoms with van der Waals surface area (Å²) in [5.74, 6) is 0.110. The summed E-state index contributed by atoms with van der Waals surface area (Å²) in [6, 6.07) is 13.8. The number of nitrogens with zero attached hydrogens (tertiary/aromatic N) is 1. The predicted octanol–water partition coefficient (Wildman–Crippen LogP) is 2.65. The molecule has 3 rings (SSSR count). The summed E-state index contributed by atoms with van der Waals surface area (Å²) in [6.45, 7) is 2.70. The first kappa shape index (κ1) is 13.3. The van der Waals surface area contributed by atoms with Crippen molar-refractivity contribution in [1.29, 1.82) is 0 Å². The quantitative estimate of drug-likeness (QED) is 0.943. The molecule has 0 amide bonds. The summed E-state index contributed by atoms with van der Waals surface area (Å²) in [5, 5.41) is 9.70. The smallest absolute Gasteiger partial charge is 0.131 e. The molecule has 0 aromatic heterocycles. The highest BCUT2D eigenvalue weighted by molar-refractivity contribution is 7.84. The Labute approximate surface area is 121 Å². The number of phenols is 1. The van der Waals surface area contributed by atoms with Gasteiger partial charge in [0.15, 0.2) is 0 Å². The average Bonchev–Trinajstić information content (AvgIpc) is 2.82. The third kappa shape index (κ3) is 2.62. The first-order valence-electron chi connectivity index (χ1n) is 6.58. The Bertz CT molecular complexity index is 644. The van der Waals surface area contributed by atoms with Gasteiger partial charge >= 0.3 is 0 Å². The van der Waals surface area contributed by atoms with Crippen LogP contribution in [-0.2, 0) is 30.4 Å². The van der Waals surface area contributed by atoms with Crippen molar-refractivity contribution < 1.29 is 9.32 Å². The normalized spacial score (nSPS) is 16.1. The van der Waals surface area contributed by atoms with Crippen molar-refractivity contribution in [2.45, 2.75) is 24.5 Å². The van der Waals surface area contributed by atoms with Crippen LogP contribution < -0.4 is 0 Å².